The molecule has 2 nitrogen and oxygen atoms in total. The van der Waals surface area contributed by atoms with Crippen molar-refractivity contribution in [3.8, 4) is 0 Å². The third-order valence-electron chi connectivity index (χ3n) is 4.66. The summed E-state index contributed by atoms with van der Waals surface area (Å²) in [4.78, 5) is 14.2. The summed E-state index contributed by atoms with van der Waals surface area (Å²) in [5, 5.41) is 0. The van der Waals surface area contributed by atoms with Gasteiger partial charge in [0.05, 0.1) is 17.2 Å². The van der Waals surface area contributed by atoms with Crippen LogP contribution < -0.4 is 4.90 Å². The van der Waals surface area contributed by atoms with E-state index in [1.54, 1.807) is 24.3 Å². The van der Waals surface area contributed by atoms with E-state index < -0.39 is 0 Å². The fourth-order valence-electron chi connectivity index (χ4n) is 3.08. The zero-order valence-corrected chi connectivity index (χ0v) is 14.9. The lowest BCUT2D eigenvalue weighted by molar-refractivity contribution is -0.912. The van der Waals surface area contributed by atoms with Crippen molar-refractivity contribution in [2.24, 2.45) is 0 Å². The lowest BCUT2D eigenvalue weighted by atomic mass is 9.93. The summed E-state index contributed by atoms with van der Waals surface area (Å²) in [6.07, 6.45) is 3.67. The average Bonchev–Trinajstić information content (AvgIpc) is 2.62. The number of halogens is 2. The molecule has 134 valence electrons. The van der Waals surface area contributed by atoms with Crippen LogP contribution >= 0.6 is 0 Å². The minimum Gasteiger partial charge on any atom is -0.325 e. The third-order valence-corrected chi connectivity index (χ3v) is 4.66. The molecule has 2 aromatic rings. The van der Waals surface area contributed by atoms with E-state index >= 15 is 0 Å². The van der Waals surface area contributed by atoms with Crippen LogP contribution in [0.15, 0.2) is 59.7 Å². The molecular formula is C22H22F2NO+. The Kier molecular flexibility index (Phi) is 5.43. The van der Waals surface area contributed by atoms with Crippen molar-refractivity contribution in [2.75, 3.05) is 13.1 Å². The maximum Gasteiger partial charge on any atom is 0.196 e. The number of rotatable bonds is 3. The number of piperidine rings is 1. The van der Waals surface area contributed by atoms with Gasteiger partial charge in [0, 0.05) is 0 Å². The lowest BCUT2D eigenvalue weighted by Gasteiger charge is -2.29. The number of quaternary nitrogens is 1. The Morgan fingerprint density at radius 3 is 1.54 bits per heavy atom. The topological polar surface area (TPSA) is 21.5 Å². The molecule has 1 heterocycles. The highest BCUT2D eigenvalue weighted by Crippen LogP contribution is 2.17. The largest absolute Gasteiger partial charge is 0.325 e. The molecule has 1 atom stereocenters. The summed E-state index contributed by atoms with van der Waals surface area (Å²) in [6.45, 7) is 5.51. The monoisotopic (exact) mass is 354 g/mol. The van der Waals surface area contributed by atoms with Crippen molar-refractivity contribution in [1.82, 2.24) is 0 Å². The van der Waals surface area contributed by atoms with Gasteiger partial charge in [-0.25, -0.2) is 8.78 Å². The molecule has 0 spiro atoms. The highest BCUT2D eigenvalue weighted by molar-refractivity contribution is 6.14. The van der Waals surface area contributed by atoms with Gasteiger partial charge in [0.25, 0.3) is 0 Å². The first-order chi connectivity index (χ1) is 12.4. The van der Waals surface area contributed by atoms with E-state index in [-0.39, 0.29) is 17.4 Å². The van der Waals surface area contributed by atoms with E-state index in [4.69, 9.17) is 0 Å². The summed E-state index contributed by atoms with van der Waals surface area (Å²) in [7, 11) is 0. The van der Waals surface area contributed by atoms with Crippen LogP contribution in [-0.2, 0) is 4.79 Å². The number of likely N-dealkylation sites (tertiary alicyclic amines) is 1. The highest BCUT2D eigenvalue weighted by atomic mass is 19.1. The van der Waals surface area contributed by atoms with Gasteiger partial charge in [-0.15, -0.1) is 0 Å². The Balaban J connectivity index is 1.95. The Labute approximate surface area is 152 Å². The van der Waals surface area contributed by atoms with E-state index in [9.17, 15) is 13.6 Å². The maximum atomic E-state index is 13.1. The minimum absolute atomic E-state index is 0.00282. The van der Waals surface area contributed by atoms with Crippen LogP contribution in [0.5, 0.6) is 0 Å². The number of hydrogen-bond acceptors (Lipinski definition) is 1. The minimum atomic E-state index is -0.298. The number of Topliss-reactive ketones (excluding diaryl/α,β-unsaturated/α-hetero) is 1. The Bertz CT molecular complexity index is 781. The van der Waals surface area contributed by atoms with Crippen molar-refractivity contribution in [2.45, 2.75) is 19.9 Å². The predicted octanol–water partition coefficient (Wildman–Crippen LogP) is 3.31. The lowest BCUT2D eigenvalue weighted by Crippen LogP contribution is -3.16. The third kappa shape index (κ3) is 4.33. The van der Waals surface area contributed by atoms with E-state index in [0.29, 0.717) is 30.3 Å². The van der Waals surface area contributed by atoms with Gasteiger partial charge in [0.15, 0.2) is 5.78 Å². The molecule has 0 aliphatic carbocycles. The van der Waals surface area contributed by atoms with Crippen LogP contribution in [0.3, 0.4) is 0 Å². The maximum absolute atomic E-state index is 13.1. The van der Waals surface area contributed by atoms with Crippen LogP contribution in [0.25, 0.3) is 12.2 Å². The van der Waals surface area contributed by atoms with Crippen LogP contribution in [0.4, 0.5) is 8.78 Å². The molecule has 1 fully saturated rings. The van der Waals surface area contributed by atoms with Gasteiger partial charge >= 0.3 is 0 Å². The van der Waals surface area contributed by atoms with Gasteiger partial charge in [0.1, 0.15) is 24.7 Å². The highest BCUT2D eigenvalue weighted by Gasteiger charge is 2.30. The normalized spacial score (nSPS) is 21.0. The zero-order valence-electron chi connectivity index (χ0n) is 14.9. The quantitative estimate of drug-likeness (QED) is 0.839. The number of ketones is 1. The van der Waals surface area contributed by atoms with E-state index in [1.165, 1.54) is 29.2 Å². The molecule has 26 heavy (non-hydrogen) atoms. The van der Waals surface area contributed by atoms with E-state index in [0.717, 1.165) is 11.1 Å². The second-order valence-electron chi connectivity index (χ2n) is 6.94. The first kappa shape index (κ1) is 18.2. The standard InChI is InChI=1S/C22H21F2NO/c1-15(2)25-13-18(11-16-3-7-20(23)8-4-16)22(26)19(14-25)12-17-5-9-21(24)10-6-17/h3-12,15H,13-14H2,1-2H3/p+1/b18-11-,19-12+. The van der Waals surface area contributed by atoms with Crippen molar-refractivity contribution in [1.29, 1.82) is 0 Å². The molecule has 1 aliphatic heterocycles. The molecule has 0 radical (unpaired) electrons. The summed E-state index contributed by atoms with van der Waals surface area (Å²) < 4.78 is 26.2. The van der Waals surface area contributed by atoms with Crippen molar-refractivity contribution in [3.05, 3.63) is 82.4 Å². The fraction of sp³-hybridized carbons (Fsp3) is 0.227. The summed E-state index contributed by atoms with van der Waals surface area (Å²) in [5.74, 6) is -0.593. The van der Waals surface area contributed by atoms with Crippen molar-refractivity contribution in [3.63, 3.8) is 0 Å². The first-order valence-electron chi connectivity index (χ1n) is 8.74. The average molecular weight is 354 g/mol. The Morgan fingerprint density at radius 1 is 0.808 bits per heavy atom. The molecular weight excluding hydrogens is 332 g/mol. The Hall–Kier alpha value is -2.59. The molecule has 1 aliphatic rings. The summed E-state index contributed by atoms with van der Waals surface area (Å²) >= 11 is 0. The summed E-state index contributed by atoms with van der Waals surface area (Å²) in [6, 6.07) is 12.6. The van der Waals surface area contributed by atoms with Crippen LogP contribution in [0, 0.1) is 11.6 Å². The molecule has 0 amide bonds. The second-order valence-corrected chi connectivity index (χ2v) is 6.94. The van der Waals surface area contributed by atoms with Gasteiger partial charge in [-0.05, 0) is 61.4 Å². The molecule has 1 unspecified atom stereocenters. The van der Waals surface area contributed by atoms with Gasteiger partial charge < -0.3 is 4.90 Å². The van der Waals surface area contributed by atoms with Crippen molar-refractivity contribution >= 4 is 17.9 Å². The molecule has 0 saturated carbocycles. The second kappa shape index (κ2) is 7.75. The van der Waals surface area contributed by atoms with Gasteiger partial charge in [-0.1, -0.05) is 24.3 Å². The number of carbonyl (C=O) groups is 1. The number of carbonyl (C=O) groups excluding carboxylic acids is 1. The molecule has 0 bridgehead atoms. The molecule has 3 rings (SSSR count). The molecule has 1 saturated heterocycles. The smallest absolute Gasteiger partial charge is 0.196 e. The fourth-order valence-corrected chi connectivity index (χ4v) is 3.08. The number of benzene rings is 2. The molecule has 0 aromatic heterocycles. The predicted molar refractivity (Wildman–Crippen MR) is 99.6 cm³/mol. The first-order valence-corrected chi connectivity index (χ1v) is 8.74. The van der Waals surface area contributed by atoms with E-state index in [2.05, 4.69) is 13.8 Å². The molecule has 2 aromatic carbocycles. The zero-order chi connectivity index (χ0) is 18.7. The van der Waals surface area contributed by atoms with Crippen molar-refractivity contribution < 1.29 is 18.5 Å². The van der Waals surface area contributed by atoms with E-state index in [1.807, 2.05) is 12.2 Å². The van der Waals surface area contributed by atoms with Gasteiger partial charge in [-0.3, -0.25) is 4.79 Å². The van der Waals surface area contributed by atoms with Gasteiger partial charge in [-0.2, -0.15) is 0 Å². The van der Waals surface area contributed by atoms with Crippen LogP contribution in [0.1, 0.15) is 25.0 Å². The summed E-state index contributed by atoms with van der Waals surface area (Å²) in [5.41, 5.74) is 3.03. The Morgan fingerprint density at radius 2 is 1.19 bits per heavy atom. The SMILES string of the molecule is CC(C)[NH+]1C/C(=C/c2ccc(F)cc2)C(=O)/C(=C/c2ccc(F)cc2)C1. The van der Waals surface area contributed by atoms with Gasteiger partial charge in [0.2, 0.25) is 0 Å². The molecule has 4 heteroatoms. The molecule has 1 N–H and O–H groups in total. The number of nitrogens with one attached hydrogen (secondary N) is 1. The van der Waals surface area contributed by atoms with Crippen LogP contribution in [-0.4, -0.2) is 24.9 Å². The number of hydrogen-bond donors (Lipinski definition) is 1. The van der Waals surface area contributed by atoms with Crippen LogP contribution in [0.2, 0.25) is 0 Å².